The van der Waals surface area contributed by atoms with Gasteiger partial charge in [0.05, 0.1) is 17.5 Å². The number of anilines is 1. The molecule has 1 aromatic heterocycles. The van der Waals surface area contributed by atoms with Gasteiger partial charge in [0, 0.05) is 12.7 Å². The maximum Gasteiger partial charge on any atom is 0.213 e. The number of nitrogen functional groups attached to an aromatic ring is 1. The molecule has 2 N–H and O–H groups in total. The molecule has 1 fully saturated rings. The third-order valence-corrected chi connectivity index (χ3v) is 2.54. The summed E-state index contributed by atoms with van der Waals surface area (Å²) in [5.41, 5.74) is 7.16. The third-order valence-electron chi connectivity index (χ3n) is 2.54. The first kappa shape index (κ1) is 10.2. The zero-order chi connectivity index (χ0) is 10.7. The number of pyridine rings is 1. The summed E-state index contributed by atoms with van der Waals surface area (Å²) >= 11 is 0. The first-order chi connectivity index (χ1) is 7.25. The van der Waals surface area contributed by atoms with E-state index < -0.39 is 0 Å². The Balaban J connectivity index is 1.90. The lowest BCUT2D eigenvalue weighted by molar-refractivity contribution is 0.0663. The van der Waals surface area contributed by atoms with Gasteiger partial charge >= 0.3 is 0 Å². The van der Waals surface area contributed by atoms with Crippen molar-refractivity contribution in [1.82, 2.24) is 4.98 Å². The Hall–Kier alpha value is -1.29. The second-order valence-corrected chi connectivity index (χ2v) is 3.77. The molecule has 1 aliphatic rings. The van der Waals surface area contributed by atoms with Crippen LogP contribution >= 0.6 is 0 Å². The van der Waals surface area contributed by atoms with Crippen LogP contribution in [0.15, 0.2) is 12.1 Å². The van der Waals surface area contributed by atoms with E-state index in [1.165, 1.54) is 0 Å². The van der Waals surface area contributed by atoms with Crippen molar-refractivity contribution in [3.8, 4) is 5.88 Å². The fourth-order valence-corrected chi connectivity index (χ4v) is 1.58. The van der Waals surface area contributed by atoms with Crippen molar-refractivity contribution in [1.29, 1.82) is 0 Å². The molecule has 1 aliphatic heterocycles. The van der Waals surface area contributed by atoms with Crippen LogP contribution in [0.25, 0.3) is 0 Å². The van der Waals surface area contributed by atoms with Gasteiger partial charge in [0.25, 0.3) is 0 Å². The second kappa shape index (κ2) is 4.49. The molecule has 1 atom stereocenters. The normalized spacial score (nSPS) is 20.5. The molecule has 0 bridgehead atoms. The van der Waals surface area contributed by atoms with E-state index in [9.17, 15) is 0 Å². The zero-order valence-corrected chi connectivity index (χ0v) is 8.90. The van der Waals surface area contributed by atoms with E-state index in [-0.39, 0.29) is 6.10 Å². The van der Waals surface area contributed by atoms with Crippen LogP contribution in [0.1, 0.15) is 18.5 Å². The first-order valence-corrected chi connectivity index (χ1v) is 5.23. The number of nitrogens with zero attached hydrogens (tertiary/aromatic N) is 1. The lowest BCUT2D eigenvalue weighted by Crippen LogP contribution is -2.16. The summed E-state index contributed by atoms with van der Waals surface area (Å²) in [5, 5.41) is 0. The van der Waals surface area contributed by atoms with E-state index in [0.29, 0.717) is 18.2 Å². The summed E-state index contributed by atoms with van der Waals surface area (Å²) in [4.78, 5) is 4.23. The predicted octanol–water partition coefficient (Wildman–Crippen LogP) is 1.53. The monoisotopic (exact) mass is 208 g/mol. The highest BCUT2D eigenvalue weighted by molar-refractivity contribution is 5.43. The number of aromatic nitrogens is 1. The maximum absolute atomic E-state index is 5.66. The van der Waals surface area contributed by atoms with Crippen molar-refractivity contribution in [2.75, 3.05) is 18.9 Å². The molecular formula is C11H16N2O2. The Kier molecular flexibility index (Phi) is 3.06. The summed E-state index contributed by atoms with van der Waals surface area (Å²) < 4.78 is 11.0. The minimum atomic E-state index is 0.227. The average Bonchev–Trinajstić information content (AvgIpc) is 2.73. The molecule has 4 heteroatoms. The smallest absolute Gasteiger partial charge is 0.213 e. The Morgan fingerprint density at radius 2 is 2.47 bits per heavy atom. The quantitative estimate of drug-likeness (QED) is 0.818. The molecule has 0 saturated carbocycles. The fourth-order valence-electron chi connectivity index (χ4n) is 1.58. The van der Waals surface area contributed by atoms with Crippen LogP contribution in [0.3, 0.4) is 0 Å². The Morgan fingerprint density at radius 1 is 1.60 bits per heavy atom. The maximum atomic E-state index is 5.66. The van der Waals surface area contributed by atoms with Crippen LogP contribution in [0, 0.1) is 6.92 Å². The summed E-state index contributed by atoms with van der Waals surface area (Å²) in [7, 11) is 0. The van der Waals surface area contributed by atoms with Crippen molar-refractivity contribution >= 4 is 5.69 Å². The van der Waals surface area contributed by atoms with Gasteiger partial charge in [0.1, 0.15) is 6.61 Å². The van der Waals surface area contributed by atoms with E-state index in [2.05, 4.69) is 4.98 Å². The molecule has 1 aromatic rings. The molecule has 1 unspecified atom stereocenters. The van der Waals surface area contributed by atoms with Crippen LogP contribution in [0.5, 0.6) is 5.88 Å². The van der Waals surface area contributed by atoms with E-state index >= 15 is 0 Å². The van der Waals surface area contributed by atoms with Crippen molar-refractivity contribution in [2.45, 2.75) is 25.9 Å². The van der Waals surface area contributed by atoms with Gasteiger partial charge < -0.3 is 15.2 Å². The van der Waals surface area contributed by atoms with Crippen LogP contribution in [0.2, 0.25) is 0 Å². The lowest BCUT2D eigenvalue weighted by atomic mass is 10.2. The largest absolute Gasteiger partial charge is 0.475 e. The Labute approximate surface area is 89.4 Å². The number of hydrogen-bond acceptors (Lipinski definition) is 4. The van der Waals surface area contributed by atoms with Crippen molar-refractivity contribution in [2.24, 2.45) is 0 Å². The molecule has 4 nitrogen and oxygen atoms in total. The van der Waals surface area contributed by atoms with Gasteiger partial charge in [-0.25, -0.2) is 4.98 Å². The standard InChI is InChI=1S/C11H16N2O2/c1-8-10(12)4-5-11(13-8)15-7-9-3-2-6-14-9/h4-5,9H,2-3,6-7,12H2,1H3. The molecule has 0 amide bonds. The number of ether oxygens (including phenoxy) is 2. The number of nitrogens with two attached hydrogens (primary N) is 1. The molecular weight excluding hydrogens is 192 g/mol. The van der Waals surface area contributed by atoms with Gasteiger partial charge in [-0.2, -0.15) is 0 Å². The molecule has 15 heavy (non-hydrogen) atoms. The Morgan fingerprint density at radius 3 is 3.13 bits per heavy atom. The van der Waals surface area contributed by atoms with Crippen molar-refractivity contribution in [3.05, 3.63) is 17.8 Å². The molecule has 0 radical (unpaired) electrons. The minimum Gasteiger partial charge on any atom is -0.475 e. The zero-order valence-electron chi connectivity index (χ0n) is 8.90. The Bertz CT molecular complexity index is 335. The topological polar surface area (TPSA) is 57.4 Å². The number of rotatable bonds is 3. The summed E-state index contributed by atoms with van der Waals surface area (Å²) in [5.74, 6) is 0.622. The number of aryl methyl sites for hydroxylation is 1. The fraction of sp³-hybridized carbons (Fsp3) is 0.545. The third kappa shape index (κ3) is 2.59. The van der Waals surface area contributed by atoms with E-state index in [1.54, 1.807) is 6.07 Å². The molecule has 0 aromatic carbocycles. The summed E-state index contributed by atoms with van der Waals surface area (Å²) in [6.45, 7) is 3.30. The van der Waals surface area contributed by atoms with Gasteiger partial charge in [-0.15, -0.1) is 0 Å². The highest BCUT2D eigenvalue weighted by atomic mass is 16.5. The van der Waals surface area contributed by atoms with Crippen molar-refractivity contribution < 1.29 is 9.47 Å². The lowest BCUT2D eigenvalue weighted by Gasteiger charge is -2.11. The molecule has 82 valence electrons. The summed E-state index contributed by atoms with van der Waals surface area (Å²) in [6.07, 6.45) is 2.43. The molecule has 0 spiro atoms. The van der Waals surface area contributed by atoms with Crippen LogP contribution < -0.4 is 10.5 Å². The SMILES string of the molecule is Cc1nc(OCC2CCCO2)ccc1N. The van der Waals surface area contributed by atoms with Crippen LogP contribution in [-0.2, 0) is 4.74 Å². The van der Waals surface area contributed by atoms with Crippen LogP contribution in [0.4, 0.5) is 5.69 Å². The first-order valence-electron chi connectivity index (χ1n) is 5.23. The predicted molar refractivity (Wildman–Crippen MR) is 57.9 cm³/mol. The van der Waals surface area contributed by atoms with Gasteiger partial charge in [-0.05, 0) is 25.8 Å². The second-order valence-electron chi connectivity index (χ2n) is 3.77. The molecule has 2 heterocycles. The van der Waals surface area contributed by atoms with E-state index in [1.807, 2.05) is 13.0 Å². The van der Waals surface area contributed by atoms with E-state index in [4.69, 9.17) is 15.2 Å². The molecule has 1 saturated heterocycles. The van der Waals surface area contributed by atoms with E-state index in [0.717, 1.165) is 25.1 Å². The minimum absolute atomic E-state index is 0.227. The van der Waals surface area contributed by atoms with Gasteiger partial charge in [0.2, 0.25) is 5.88 Å². The van der Waals surface area contributed by atoms with Crippen LogP contribution in [-0.4, -0.2) is 24.3 Å². The molecule has 0 aliphatic carbocycles. The molecule has 2 rings (SSSR count). The van der Waals surface area contributed by atoms with Gasteiger partial charge in [0.15, 0.2) is 0 Å². The average molecular weight is 208 g/mol. The summed E-state index contributed by atoms with van der Waals surface area (Å²) in [6, 6.07) is 3.60. The van der Waals surface area contributed by atoms with Crippen molar-refractivity contribution in [3.63, 3.8) is 0 Å². The number of hydrogen-bond donors (Lipinski definition) is 1. The highest BCUT2D eigenvalue weighted by Crippen LogP contribution is 2.16. The van der Waals surface area contributed by atoms with Gasteiger partial charge in [-0.1, -0.05) is 0 Å². The highest BCUT2D eigenvalue weighted by Gasteiger charge is 2.16. The van der Waals surface area contributed by atoms with Gasteiger partial charge in [-0.3, -0.25) is 0 Å².